The number of carbonyl (C=O) groups excluding carboxylic acids is 1. The van der Waals surface area contributed by atoms with Crippen LogP contribution in [0.4, 0.5) is 5.82 Å². The third kappa shape index (κ3) is 3.65. The zero-order chi connectivity index (χ0) is 23.8. The summed E-state index contributed by atoms with van der Waals surface area (Å²) >= 11 is 0. The van der Waals surface area contributed by atoms with Crippen LogP contribution in [0.25, 0.3) is 11.0 Å². The maximum Gasteiger partial charge on any atom is 0.296 e. The number of rotatable bonds is 5. The number of nitrogens with zero attached hydrogens (tertiary/aromatic N) is 2. The van der Waals surface area contributed by atoms with Crippen LogP contribution in [-0.4, -0.2) is 10.9 Å². The molecule has 5 aromatic rings. The summed E-state index contributed by atoms with van der Waals surface area (Å²) in [5.41, 5.74) is 2.23. The van der Waals surface area contributed by atoms with Crippen LogP contribution < -0.4 is 15.1 Å². The van der Waals surface area contributed by atoms with Gasteiger partial charge in [0.25, 0.3) is 5.91 Å². The van der Waals surface area contributed by atoms with E-state index in [1.807, 2.05) is 54.6 Å². The van der Waals surface area contributed by atoms with Gasteiger partial charge in [0, 0.05) is 6.20 Å². The van der Waals surface area contributed by atoms with Crippen LogP contribution in [0, 0.1) is 0 Å². The molecule has 0 spiro atoms. The number of para-hydroxylation sites is 1. The summed E-state index contributed by atoms with van der Waals surface area (Å²) in [6, 6.07) is 28.9. The van der Waals surface area contributed by atoms with Gasteiger partial charge in [0.05, 0.1) is 17.0 Å². The number of pyridine rings is 1. The van der Waals surface area contributed by atoms with Crippen LogP contribution >= 0.6 is 0 Å². The van der Waals surface area contributed by atoms with Crippen LogP contribution in [0.2, 0.25) is 0 Å². The van der Waals surface area contributed by atoms with Gasteiger partial charge in [-0.25, -0.2) is 4.98 Å². The Kier molecular flexibility index (Phi) is 5.11. The quantitative estimate of drug-likeness (QED) is 0.345. The number of hydrogen-bond acceptors (Lipinski definition) is 5. The number of aromatic nitrogens is 1. The van der Waals surface area contributed by atoms with Crippen molar-refractivity contribution in [3.63, 3.8) is 0 Å². The Balaban J connectivity index is 1.48. The molecule has 1 aliphatic heterocycles. The molecule has 0 bridgehead atoms. The molecule has 6 heteroatoms. The van der Waals surface area contributed by atoms with E-state index in [0.29, 0.717) is 34.7 Å². The summed E-state index contributed by atoms with van der Waals surface area (Å²) in [4.78, 5) is 33.1. The summed E-state index contributed by atoms with van der Waals surface area (Å²) in [6.07, 6.45) is 1.62. The molecule has 0 aliphatic carbocycles. The molecular formula is C29H20N2O4. The average Bonchev–Trinajstić information content (AvgIpc) is 3.21. The standard InChI is InChI=1S/C29H20N2O4/c32-27-22-13-4-5-14-23(22)35-28-25(27)26(31(29(28)33)24-15-6-7-16-30-24)20-11-8-12-21(17-20)34-18-19-9-2-1-3-10-19/h1-17,26H,18H2. The van der Waals surface area contributed by atoms with Gasteiger partial charge in [-0.15, -0.1) is 0 Å². The molecule has 0 saturated carbocycles. The van der Waals surface area contributed by atoms with Gasteiger partial charge in [0.2, 0.25) is 5.76 Å². The lowest BCUT2D eigenvalue weighted by Crippen LogP contribution is -2.30. The number of amides is 1. The molecule has 1 unspecified atom stereocenters. The minimum absolute atomic E-state index is 0.0416. The fourth-order valence-electron chi connectivity index (χ4n) is 4.48. The monoisotopic (exact) mass is 460 g/mol. The second-order valence-corrected chi connectivity index (χ2v) is 8.28. The Hall–Kier alpha value is -4.71. The summed E-state index contributed by atoms with van der Waals surface area (Å²) in [5.74, 6) is 0.716. The van der Waals surface area contributed by atoms with Crippen LogP contribution in [0.3, 0.4) is 0 Å². The first-order valence-electron chi connectivity index (χ1n) is 11.3. The molecule has 6 nitrogen and oxygen atoms in total. The van der Waals surface area contributed by atoms with Crippen LogP contribution in [0.15, 0.2) is 112 Å². The van der Waals surface area contributed by atoms with E-state index < -0.39 is 11.9 Å². The van der Waals surface area contributed by atoms with Crippen molar-refractivity contribution in [2.75, 3.05) is 4.90 Å². The lowest BCUT2D eigenvalue weighted by molar-refractivity contribution is 0.0970. The fourth-order valence-corrected chi connectivity index (χ4v) is 4.48. The number of hydrogen-bond donors (Lipinski definition) is 0. The lowest BCUT2D eigenvalue weighted by Gasteiger charge is -2.24. The molecule has 1 atom stereocenters. The van der Waals surface area contributed by atoms with Crippen LogP contribution in [0.5, 0.6) is 5.75 Å². The Morgan fingerprint density at radius 2 is 1.66 bits per heavy atom. The van der Waals surface area contributed by atoms with Crippen molar-refractivity contribution >= 4 is 22.7 Å². The van der Waals surface area contributed by atoms with E-state index in [-0.39, 0.29) is 11.2 Å². The number of carbonyl (C=O) groups is 1. The second kappa shape index (κ2) is 8.57. The largest absolute Gasteiger partial charge is 0.489 e. The van der Waals surface area contributed by atoms with E-state index in [0.717, 1.165) is 11.1 Å². The first-order chi connectivity index (χ1) is 17.2. The predicted octanol–water partition coefficient (Wildman–Crippen LogP) is 5.52. The maximum absolute atomic E-state index is 13.6. The minimum Gasteiger partial charge on any atom is -0.489 e. The van der Waals surface area contributed by atoms with Gasteiger partial charge in [-0.2, -0.15) is 0 Å². The molecule has 3 heterocycles. The number of benzene rings is 3. The van der Waals surface area contributed by atoms with Gasteiger partial charge in [0.1, 0.15) is 23.8 Å². The Morgan fingerprint density at radius 3 is 2.49 bits per heavy atom. The zero-order valence-electron chi connectivity index (χ0n) is 18.6. The fraction of sp³-hybridized carbons (Fsp3) is 0.0690. The van der Waals surface area contributed by atoms with Crippen LogP contribution in [-0.2, 0) is 6.61 Å². The van der Waals surface area contributed by atoms with Crippen molar-refractivity contribution in [3.05, 3.63) is 136 Å². The van der Waals surface area contributed by atoms with Crippen molar-refractivity contribution in [3.8, 4) is 5.75 Å². The van der Waals surface area contributed by atoms with Crippen LogP contribution in [0.1, 0.15) is 33.3 Å². The first-order valence-corrected chi connectivity index (χ1v) is 11.3. The Bertz CT molecular complexity index is 1600. The van der Waals surface area contributed by atoms with Gasteiger partial charge in [-0.1, -0.05) is 60.7 Å². The minimum atomic E-state index is -0.700. The number of anilines is 1. The predicted molar refractivity (Wildman–Crippen MR) is 133 cm³/mol. The Labute approximate surface area is 201 Å². The summed E-state index contributed by atoms with van der Waals surface area (Å²) in [5, 5.41) is 0.434. The molecule has 3 aromatic carbocycles. The number of ether oxygens (including phenoxy) is 1. The topological polar surface area (TPSA) is 72.6 Å². The van der Waals surface area contributed by atoms with E-state index in [1.165, 1.54) is 4.90 Å². The molecule has 0 saturated heterocycles. The summed E-state index contributed by atoms with van der Waals surface area (Å²) in [7, 11) is 0. The molecule has 35 heavy (non-hydrogen) atoms. The highest BCUT2D eigenvalue weighted by Crippen LogP contribution is 2.41. The summed E-state index contributed by atoms with van der Waals surface area (Å²) in [6.45, 7) is 0.404. The van der Waals surface area contributed by atoms with E-state index in [9.17, 15) is 9.59 Å². The SMILES string of the molecule is O=C1c2oc3ccccc3c(=O)c2C(c2cccc(OCc3ccccc3)c2)N1c1ccccn1. The van der Waals surface area contributed by atoms with Gasteiger partial charge in [-0.3, -0.25) is 14.5 Å². The van der Waals surface area contributed by atoms with Crippen molar-refractivity contribution in [2.45, 2.75) is 12.6 Å². The molecule has 0 radical (unpaired) electrons. The van der Waals surface area contributed by atoms with Crippen molar-refractivity contribution in [1.82, 2.24) is 4.98 Å². The van der Waals surface area contributed by atoms with Gasteiger partial charge >= 0.3 is 0 Å². The van der Waals surface area contributed by atoms with Gasteiger partial charge < -0.3 is 9.15 Å². The van der Waals surface area contributed by atoms with E-state index in [2.05, 4.69) is 4.98 Å². The molecule has 1 aliphatic rings. The van der Waals surface area contributed by atoms with Crippen molar-refractivity contribution in [2.24, 2.45) is 0 Å². The zero-order valence-corrected chi connectivity index (χ0v) is 18.6. The lowest BCUT2D eigenvalue weighted by atomic mass is 9.98. The highest BCUT2D eigenvalue weighted by atomic mass is 16.5. The van der Waals surface area contributed by atoms with Gasteiger partial charge in [-0.05, 0) is 47.5 Å². The number of fused-ring (bicyclic) bond motifs is 2. The average molecular weight is 460 g/mol. The van der Waals surface area contributed by atoms with E-state index >= 15 is 0 Å². The third-order valence-electron chi connectivity index (χ3n) is 6.10. The van der Waals surface area contributed by atoms with E-state index in [4.69, 9.17) is 9.15 Å². The molecule has 0 fully saturated rings. The molecule has 1 amide bonds. The van der Waals surface area contributed by atoms with E-state index in [1.54, 1.807) is 48.7 Å². The molecule has 6 rings (SSSR count). The maximum atomic E-state index is 13.6. The summed E-state index contributed by atoms with van der Waals surface area (Å²) < 4.78 is 12.0. The smallest absolute Gasteiger partial charge is 0.296 e. The van der Waals surface area contributed by atoms with Crippen molar-refractivity contribution in [1.29, 1.82) is 0 Å². The molecule has 170 valence electrons. The second-order valence-electron chi connectivity index (χ2n) is 8.28. The van der Waals surface area contributed by atoms with Gasteiger partial charge in [0.15, 0.2) is 5.43 Å². The normalized spacial score (nSPS) is 14.8. The molecular weight excluding hydrogens is 440 g/mol. The van der Waals surface area contributed by atoms with Crippen molar-refractivity contribution < 1.29 is 13.9 Å². The third-order valence-corrected chi connectivity index (χ3v) is 6.10. The first kappa shape index (κ1) is 20.9. The highest BCUT2D eigenvalue weighted by molar-refractivity contribution is 6.10. The molecule has 2 aromatic heterocycles. The Morgan fingerprint density at radius 1 is 0.857 bits per heavy atom. The molecule has 0 N–H and O–H groups in total. The highest BCUT2D eigenvalue weighted by Gasteiger charge is 2.44.